The first-order valence-electron chi connectivity index (χ1n) is 4.70. The zero-order chi connectivity index (χ0) is 11.7. The fourth-order valence-electron chi connectivity index (χ4n) is 1.60. The number of hydrogen-bond acceptors (Lipinski definition) is 1. The van der Waals surface area contributed by atoms with Gasteiger partial charge in [-0.25, -0.2) is 4.98 Å². The number of benzene rings is 1. The first-order valence-corrected chi connectivity index (χ1v) is 5.87. The van der Waals surface area contributed by atoms with Crippen LogP contribution in [0.1, 0.15) is 11.3 Å². The van der Waals surface area contributed by atoms with Crippen LogP contribution in [0.15, 0.2) is 37.4 Å². The molecule has 16 heavy (non-hydrogen) atoms. The largest absolute Gasteiger partial charge is 0.248 e. The van der Waals surface area contributed by atoms with Crippen LogP contribution in [0.4, 0.5) is 0 Å². The molecule has 0 atom stereocenters. The fraction of sp³-hybridized carbons (Fsp3) is 0. The van der Waals surface area contributed by atoms with Gasteiger partial charge in [-0.05, 0) is 12.1 Å². The van der Waals surface area contributed by atoms with Gasteiger partial charge in [0.1, 0.15) is 0 Å². The summed E-state index contributed by atoms with van der Waals surface area (Å²) in [4.78, 5) is 4.48. The van der Waals surface area contributed by atoms with Gasteiger partial charge < -0.3 is 0 Å². The number of nitrogens with zero attached hydrogens (tertiary/aromatic N) is 1. The Morgan fingerprint density at radius 3 is 2.69 bits per heavy atom. The number of fused-ring (bicyclic) bond motifs is 1. The van der Waals surface area contributed by atoms with Crippen molar-refractivity contribution in [2.45, 2.75) is 0 Å². The molecule has 0 N–H and O–H groups in total. The van der Waals surface area contributed by atoms with E-state index in [9.17, 15) is 0 Å². The van der Waals surface area contributed by atoms with E-state index in [-0.39, 0.29) is 0 Å². The van der Waals surface area contributed by atoms with Crippen molar-refractivity contribution in [3.8, 4) is 0 Å². The van der Waals surface area contributed by atoms with Crippen LogP contribution in [0, 0.1) is 0 Å². The van der Waals surface area contributed by atoms with Crippen molar-refractivity contribution in [1.82, 2.24) is 4.98 Å². The number of para-hydroxylation sites is 1. The summed E-state index contributed by atoms with van der Waals surface area (Å²) in [6.45, 7) is 7.58. The van der Waals surface area contributed by atoms with Crippen molar-refractivity contribution < 1.29 is 0 Å². The molecule has 0 spiro atoms. The Labute approximate surface area is 108 Å². The molecule has 0 aliphatic heterocycles. The van der Waals surface area contributed by atoms with Crippen LogP contribution in [0.3, 0.4) is 0 Å². The lowest BCUT2D eigenvalue weighted by Gasteiger charge is -2.09. The molecule has 0 fully saturated rings. The zero-order valence-corrected chi connectivity index (χ0v) is 10.8. The fourth-order valence-corrected chi connectivity index (χ4v) is 2.48. The molecule has 3 heteroatoms. The van der Waals surface area contributed by atoms with Gasteiger partial charge in [0, 0.05) is 15.4 Å². The summed E-state index contributed by atoms with van der Waals surface area (Å²) in [5.74, 6) is 0. The summed E-state index contributed by atoms with van der Waals surface area (Å²) in [5.41, 5.74) is 2.40. The molecule has 1 heterocycles. The average molecular weight is 295 g/mol. The van der Waals surface area contributed by atoms with Gasteiger partial charge in [-0.1, -0.05) is 58.9 Å². The van der Waals surface area contributed by atoms with Crippen molar-refractivity contribution >= 4 is 49.0 Å². The van der Waals surface area contributed by atoms with Gasteiger partial charge in [0.25, 0.3) is 0 Å². The smallest absolute Gasteiger partial charge is 0.0730 e. The molecule has 0 saturated heterocycles. The molecular weight excluding hydrogens is 286 g/mol. The van der Waals surface area contributed by atoms with Crippen LogP contribution >= 0.6 is 27.5 Å². The molecule has 0 aliphatic carbocycles. The molecule has 0 amide bonds. The monoisotopic (exact) mass is 293 g/mol. The van der Waals surface area contributed by atoms with Crippen molar-refractivity contribution in [1.29, 1.82) is 0 Å². The van der Waals surface area contributed by atoms with E-state index in [1.807, 2.05) is 24.3 Å². The number of halogens is 2. The minimum Gasteiger partial charge on any atom is -0.248 e. The quantitative estimate of drug-likeness (QED) is 0.768. The molecule has 80 valence electrons. The van der Waals surface area contributed by atoms with Crippen LogP contribution in [0.25, 0.3) is 21.5 Å². The van der Waals surface area contributed by atoms with Gasteiger partial charge in [-0.15, -0.1) is 0 Å². The van der Waals surface area contributed by atoms with Gasteiger partial charge in [-0.2, -0.15) is 0 Å². The van der Waals surface area contributed by atoms with E-state index in [0.29, 0.717) is 9.51 Å². The Hall–Kier alpha value is -1.12. The molecule has 2 rings (SSSR count). The van der Waals surface area contributed by atoms with E-state index in [2.05, 4.69) is 34.1 Å². The molecular formula is C13H9BrClN. The third-order valence-corrected chi connectivity index (χ3v) is 3.11. The lowest BCUT2D eigenvalue weighted by molar-refractivity contribution is 1.36. The molecule has 1 aromatic heterocycles. The molecule has 1 nitrogen and oxygen atoms in total. The molecule has 0 bridgehead atoms. The molecule has 0 radical (unpaired) electrons. The highest BCUT2D eigenvalue weighted by atomic mass is 79.9. The Bertz CT molecular complexity index is 590. The summed E-state index contributed by atoms with van der Waals surface area (Å²) in [5, 5.41) is 1.58. The molecule has 0 aliphatic rings. The lowest BCUT2D eigenvalue weighted by Crippen LogP contribution is -1.92. The van der Waals surface area contributed by atoms with Crippen molar-refractivity contribution in [2.24, 2.45) is 0 Å². The predicted molar refractivity (Wildman–Crippen MR) is 74.8 cm³/mol. The number of aromatic nitrogens is 1. The van der Waals surface area contributed by atoms with E-state index < -0.39 is 0 Å². The Morgan fingerprint density at radius 1 is 1.38 bits per heavy atom. The minimum absolute atomic E-state index is 0.655. The van der Waals surface area contributed by atoms with Crippen LogP contribution in [-0.4, -0.2) is 4.98 Å². The van der Waals surface area contributed by atoms with Gasteiger partial charge >= 0.3 is 0 Å². The van der Waals surface area contributed by atoms with Crippen LogP contribution in [-0.2, 0) is 0 Å². The summed E-state index contributed by atoms with van der Waals surface area (Å²) >= 11 is 9.69. The van der Waals surface area contributed by atoms with Crippen LogP contribution < -0.4 is 0 Å². The van der Waals surface area contributed by atoms with Gasteiger partial charge in [-0.3, -0.25) is 0 Å². The highest BCUT2D eigenvalue weighted by Crippen LogP contribution is 2.35. The number of hydrogen-bond donors (Lipinski definition) is 0. The van der Waals surface area contributed by atoms with Crippen molar-refractivity contribution in [2.75, 3.05) is 0 Å². The van der Waals surface area contributed by atoms with Crippen LogP contribution in [0.2, 0.25) is 5.02 Å². The third-order valence-electron chi connectivity index (χ3n) is 2.32. The van der Waals surface area contributed by atoms with E-state index in [0.717, 1.165) is 22.2 Å². The second-order valence-electron chi connectivity index (χ2n) is 3.31. The summed E-state index contributed by atoms with van der Waals surface area (Å²) in [7, 11) is 0. The first-order chi connectivity index (χ1) is 7.65. The Balaban J connectivity index is 2.93. The second kappa shape index (κ2) is 4.40. The topological polar surface area (TPSA) is 12.9 Å². The maximum Gasteiger partial charge on any atom is 0.0730 e. The van der Waals surface area contributed by atoms with E-state index >= 15 is 0 Å². The van der Waals surface area contributed by atoms with E-state index in [1.165, 1.54) is 0 Å². The number of pyridine rings is 1. The summed E-state index contributed by atoms with van der Waals surface area (Å²) in [6, 6.07) is 7.73. The SMILES string of the molecule is C=Cc1nc2ccccc2c(Cl)c1C(=C)Br. The maximum atomic E-state index is 6.34. The predicted octanol–water partition coefficient (Wildman–Crippen LogP) is 4.90. The molecule has 0 saturated carbocycles. The highest BCUT2D eigenvalue weighted by molar-refractivity contribution is 9.15. The standard InChI is InChI=1S/C13H9BrClN/c1-3-10-12(8(2)14)13(15)9-6-4-5-7-11(9)16-10/h3-7H,1-2H2. The van der Waals surface area contributed by atoms with Crippen LogP contribution in [0.5, 0.6) is 0 Å². The molecule has 2 aromatic rings. The Morgan fingerprint density at radius 2 is 2.06 bits per heavy atom. The van der Waals surface area contributed by atoms with E-state index in [1.54, 1.807) is 6.08 Å². The Kier molecular flexibility index (Phi) is 3.13. The van der Waals surface area contributed by atoms with Crippen molar-refractivity contribution in [3.63, 3.8) is 0 Å². The molecule has 1 aromatic carbocycles. The van der Waals surface area contributed by atoms with E-state index in [4.69, 9.17) is 11.6 Å². The minimum atomic E-state index is 0.655. The van der Waals surface area contributed by atoms with Gasteiger partial charge in [0.2, 0.25) is 0 Å². The average Bonchev–Trinajstić information content (AvgIpc) is 2.28. The highest BCUT2D eigenvalue weighted by Gasteiger charge is 2.12. The van der Waals surface area contributed by atoms with Crippen molar-refractivity contribution in [3.05, 3.63) is 53.7 Å². The van der Waals surface area contributed by atoms with Gasteiger partial charge in [0.15, 0.2) is 0 Å². The lowest BCUT2D eigenvalue weighted by atomic mass is 10.1. The summed E-state index contributed by atoms with van der Waals surface area (Å²) < 4.78 is 0.714. The normalized spacial score (nSPS) is 10.4. The second-order valence-corrected chi connectivity index (χ2v) is 4.65. The maximum absolute atomic E-state index is 6.34. The third kappa shape index (κ3) is 1.79. The van der Waals surface area contributed by atoms with Gasteiger partial charge in [0.05, 0.1) is 16.2 Å². The number of rotatable bonds is 2. The molecule has 0 unspecified atom stereocenters. The zero-order valence-electron chi connectivity index (χ0n) is 8.50. The first kappa shape index (κ1) is 11.4. The summed E-state index contributed by atoms with van der Waals surface area (Å²) in [6.07, 6.45) is 1.68.